The molecule has 9 heteroatoms. The highest BCUT2D eigenvalue weighted by Gasteiger charge is 2.21. The summed E-state index contributed by atoms with van der Waals surface area (Å²) in [5.74, 6) is 0. The first-order valence-corrected chi connectivity index (χ1v) is 13.7. The number of piperazine rings is 1. The van der Waals surface area contributed by atoms with E-state index in [2.05, 4.69) is 38.7 Å². The molecule has 0 amide bonds. The molecular weight excluding hydrogens is 476 g/mol. The summed E-state index contributed by atoms with van der Waals surface area (Å²) in [7, 11) is 0.863. The minimum absolute atomic E-state index is 0.0394. The van der Waals surface area contributed by atoms with Gasteiger partial charge in [0.15, 0.2) is 16.6 Å². The van der Waals surface area contributed by atoms with Crippen molar-refractivity contribution in [2.24, 2.45) is 0 Å². The molecule has 2 fully saturated rings. The van der Waals surface area contributed by atoms with Crippen molar-refractivity contribution in [3.05, 3.63) is 54.4 Å². The van der Waals surface area contributed by atoms with Crippen LogP contribution in [-0.4, -0.2) is 77.1 Å². The Morgan fingerprint density at radius 3 is 2.19 bits per heavy atom. The van der Waals surface area contributed by atoms with Crippen LogP contribution in [0.1, 0.15) is 33.4 Å². The molecule has 1 atom stereocenters. The molecular formula is C27H40N4O4S. The number of benzene rings is 1. The second-order valence-electron chi connectivity index (χ2n) is 7.89. The van der Waals surface area contributed by atoms with Gasteiger partial charge in [0.1, 0.15) is 6.10 Å². The lowest BCUT2D eigenvalue weighted by molar-refractivity contribution is -0.157. The number of anilines is 1. The molecule has 5 rings (SSSR count). The molecule has 0 N–H and O–H groups in total. The van der Waals surface area contributed by atoms with Crippen LogP contribution < -0.4 is 4.90 Å². The molecule has 8 nitrogen and oxygen atoms in total. The van der Waals surface area contributed by atoms with Gasteiger partial charge in [-0.25, -0.2) is 13.2 Å². The smallest absolute Gasteiger partial charge is 0.293 e. The molecule has 1 aromatic carbocycles. The molecule has 0 aliphatic carbocycles. The van der Waals surface area contributed by atoms with Gasteiger partial charge in [-0.15, -0.1) is 0 Å². The fourth-order valence-electron chi connectivity index (χ4n) is 3.73. The van der Waals surface area contributed by atoms with Gasteiger partial charge in [0.2, 0.25) is 0 Å². The number of carbonyl (C=O) groups excluding carboxylic acids is 1. The van der Waals surface area contributed by atoms with E-state index in [9.17, 15) is 9.00 Å². The summed E-state index contributed by atoms with van der Waals surface area (Å²) in [5.41, 5.74) is 2.94. The molecule has 3 aromatic rings. The molecule has 2 saturated heterocycles. The summed E-state index contributed by atoms with van der Waals surface area (Å²) in [6, 6.07) is 13.7. The fraction of sp³-hybridized carbons (Fsp3) is 0.481. The van der Waals surface area contributed by atoms with E-state index in [-0.39, 0.29) is 6.10 Å². The summed E-state index contributed by atoms with van der Waals surface area (Å²) >= 11 is 0. The lowest BCUT2D eigenvalue weighted by Gasteiger charge is -2.34. The topological polar surface area (TPSA) is 76.9 Å². The van der Waals surface area contributed by atoms with Gasteiger partial charge in [0.25, 0.3) is 6.47 Å². The first kappa shape index (κ1) is 29.5. The van der Waals surface area contributed by atoms with E-state index in [0.29, 0.717) is 19.7 Å². The van der Waals surface area contributed by atoms with Gasteiger partial charge in [0, 0.05) is 49.1 Å². The number of likely N-dealkylation sites (N-methyl/N-ethyl adjacent to an activating group) is 1. The average molecular weight is 517 g/mol. The molecule has 2 aliphatic heterocycles. The van der Waals surface area contributed by atoms with Crippen molar-refractivity contribution < 1.29 is 18.5 Å². The van der Waals surface area contributed by atoms with Gasteiger partial charge in [-0.1, -0.05) is 45.9 Å². The normalized spacial score (nSPS) is 16.2. The van der Waals surface area contributed by atoms with Crippen LogP contribution in [0.15, 0.2) is 53.6 Å². The van der Waals surface area contributed by atoms with Crippen LogP contribution in [-0.2, 0) is 25.3 Å². The van der Waals surface area contributed by atoms with Crippen molar-refractivity contribution in [2.75, 3.05) is 51.3 Å². The Morgan fingerprint density at radius 1 is 1.03 bits per heavy atom. The van der Waals surface area contributed by atoms with Crippen molar-refractivity contribution in [2.45, 2.75) is 45.6 Å². The average Bonchev–Trinajstić information content (AvgIpc) is 3.25. The molecule has 0 saturated carbocycles. The van der Waals surface area contributed by atoms with Crippen molar-refractivity contribution >= 4 is 34.2 Å². The number of fused-ring (bicyclic) bond motifs is 1. The van der Waals surface area contributed by atoms with Crippen molar-refractivity contribution in [3.8, 4) is 0 Å². The largest absolute Gasteiger partial charge is 0.460 e. The molecule has 1 unspecified atom stereocenters. The highest BCUT2D eigenvalue weighted by molar-refractivity contribution is 7.83. The number of pyridine rings is 1. The maximum Gasteiger partial charge on any atom is 0.293 e. The Bertz CT molecular complexity index is 1080. The lowest BCUT2D eigenvalue weighted by Crippen LogP contribution is -2.44. The first-order chi connectivity index (χ1) is 17.6. The van der Waals surface area contributed by atoms with E-state index >= 15 is 0 Å². The zero-order valence-electron chi connectivity index (χ0n) is 22.3. The molecule has 4 heterocycles. The SMILES string of the molecule is CC.CC.Cc1cc2c(N3CCN(C)CC3)ccnc2n1S(=O)c1ccccc1.O=COC1COC1. The number of hydrogen-bond donors (Lipinski definition) is 0. The maximum absolute atomic E-state index is 13.1. The predicted octanol–water partition coefficient (Wildman–Crippen LogP) is 4.28. The molecule has 36 heavy (non-hydrogen) atoms. The Morgan fingerprint density at radius 2 is 1.67 bits per heavy atom. The maximum atomic E-state index is 13.1. The molecule has 2 aromatic heterocycles. The van der Waals surface area contributed by atoms with Crippen LogP contribution in [0.25, 0.3) is 11.0 Å². The summed E-state index contributed by atoms with van der Waals surface area (Å²) in [5, 5.41) is 1.08. The summed E-state index contributed by atoms with van der Waals surface area (Å²) in [6.07, 6.45) is 1.87. The van der Waals surface area contributed by atoms with Crippen LogP contribution in [0.4, 0.5) is 5.69 Å². The quantitative estimate of drug-likeness (QED) is 0.469. The van der Waals surface area contributed by atoms with Gasteiger partial charge < -0.3 is 19.3 Å². The van der Waals surface area contributed by atoms with Crippen LogP contribution in [0.3, 0.4) is 0 Å². The highest BCUT2D eigenvalue weighted by atomic mass is 32.2. The Kier molecular flexibility index (Phi) is 12.6. The second kappa shape index (κ2) is 15.4. The minimum atomic E-state index is -1.29. The highest BCUT2D eigenvalue weighted by Crippen LogP contribution is 2.30. The van der Waals surface area contributed by atoms with Gasteiger partial charge in [0.05, 0.1) is 18.1 Å². The number of carbonyl (C=O) groups is 1. The van der Waals surface area contributed by atoms with E-state index < -0.39 is 11.0 Å². The van der Waals surface area contributed by atoms with Crippen LogP contribution in [0.2, 0.25) is 0 Å². The second-order valence-corrected chi connectivity index (χ2v) is 9.23. The zero-order valence-corrected chi connectivity index (χ0v) is 23.2. The third-order valence-electron chi connectivity index (χ3n) is 5.62. The van der Waals surface area contributed by atoms with Gasteiger partial charge in [-0.3, -0.25) is 4.79 Å². The number of hydrogen-bond acceptors (Lipinski definition) is 7. The summed E-state index contributed by atoms with van der Waals surface area (Å²) < 4.78 is 24.1. The monoisotopic (exact) mass is 516 g/mol. The molecule has 0 radical (unpaired) electrons. The predicted molar refractivity (Wildman–Crippen MR) is 147 cm³/mol. The molecule has 198 valence electrons. The summed E-state index contributed by atoms with van der Waals surface area (Å²) in [4.78, 5) is 19.6. The number of rotatable bonds is 5. The first-order valence-electron chi connectivity index (χ1n) is 12.6. The van der Waals surface area contributed by atoms with E-state index in [0.717, 1.165) is 47.8 Å². The van der Waals surface area contributed by atoms with Crippen LogP contribution in [0.5, 0.6) is 0 Å². The minimum Gasteiger partial charge on any atom is -0.460 e. The zero-order chi connectivity index (χ0) is 26.5. The van der Waals surface area contributed by atoms with E-state index in [1.807, 2.05) is 75.1 Å². The van der Waals surface area contributed by atoms with Crippen molar-refractivity contribution in [3.63, 3.8) is 0 Å². The third kappa shape index (κ3) is 7.38. The van der Waals surface area contributed by atoms with Crippen molar-refractivity contribution in [1.29, 1.82) is 0 Å². The van der Waals surface area contributed by atoms with E-state index in [1.165, 1.54) is 5.69 Å². The molecule has 2 aliphatic rings. The van der Waals surface area contributed by atoms with Gasteiger partial charge in [-0.05, 0) is 38.2 Å². The van der Waals surface area contributed by atoms with Crippen LogP contribution in [0, 0.1) is 6.92 Å². The number of ether oxygens (including phenoxy) is 2. The lowest BCUT2D eigenvalue weighted by atomic mass is 10.2. The number of nitrogens with zero attached hydrogens (tertiary/aromatic N) is 4. The third-order valence-corrected chi connectivity index (χ3v) is 7.09. The van der Waals surface area contributed by atoms with E-state index in [1.54, 1.807) is 0 Å². The van der Waals surface area contributed by atoms with E-state index in [4.69, 9.17) is 4.74 Å². The standard InChI is InChI=1S/C19H22N4OS.C4H6O3.2C2H6/c1-15-14-17-18(22-12-10-21(2)11-13-22)8-9-20-19(17)23(15)25(24)16-6-4-3-5-7-16;5-3-7-4-1-6-2-4;2*1-2/h3-9,14H,10-13H2,1-2H3;3-4H,1-2H2;2*1-2H3. The fourth-order valence-corrected chi connectivity index (χ4v) is 4.95. The molecule has 0 bridgehead atoms. The summed E-state index contributed by atoms with van der Waals surface area (Å²) in [6.45, 7) is 15.7. The molecule has 0 spiro atoms. The Balaban J connectivity index is 0.000000351. The van der Waals surface area contributed by atoms with Gasteiger partial charge >= 0.3 is 0 Å². The number of aromatic nitrogens is 2. The van der Waals surface area contributed by atoms with Gasteiger partial charge in [-0.2, -0.15) is 0 Å². The number of aryl methyl sites for hydroxylation is 1. The Hall–Kier alpha value is -2.75. The van der Waals surface area contributed by atoms with Crippen LogP contribution >= 0.6 is 0 Å². The Labute approximate surface area is 217 Å². The van der Waals surface area contributed by atoms with Crippen molar-refractivity contribution in [1.82, 2.24) is 13.9 Å².